The highest BCUT2D eigenvalue weighted by molar-refractivity contribution is 6.09. The summed E-state index contributed by atoms with van der Waals surface area (Å²) in [5.41, 5.74) is 4.77. The number of nitrogens with zero attached hydrogens (tertiary/aromatic N) is 9. The van der Waals surface area contributed by atoms with Crippen molar-refractivity contribution in [2.75, 3.05) is 62.2 Å². The summed E-state index contributed by atoms with van der Waals surface area (Å²) in [6, 6.07) is 22.8. The molecule has 16 heteroatoms. The molecule has 16 nitrogen and oxygen atoms in total. The number of rotatable bonds is 10. The van der Waals surface area contributed by atoms with E-state index in [1.54, 1.807) is 6.20 Å². The first kappa shape index (κ1) is 49.2. The number of pyridine rings is 2. The number of carbonyl (C=O) groups is 5. The lowest BCUT2D eigenvalue weighted by atomic mass is 9.72. The third-order valence-electron chi connectivity index (χ3n) is 18.3. The minimum Gasteiger partial charge on any atom is -0.437 e. The molecule has 5 amide bonds. The highest BCUT2D eigenvalue weighted by Gasteiger charge is 2.56. The van der Waals surface area contributed by atoms with Crippen LogP contribution in [0.2, 0.25) is 0 Å². The van der Waals surface area contributed by atoms with E-state index in [0.29, 0.717) is 95.5 Å². The summed E-state index contributed by atoms with van der Waals surface area (Å²) in [4.78, 5) is 93.6. The monoisotopic (exact) mass is 1010 g/mol. The molecular formula is C59H70N10O6. The van der Waals surface area contributed by atoms with Crippen LogP contribution in [0.4, 0.5) is 11.5 Å². The standard InChI is InChI=1S/C59H70N10O6/c1-38(2)68-37-61-48-35-47(62-54(52(48)68)75-44-10-6-4-7-11-44)40-12-15-46-49(32-40)69(43-33-42(34-43)64-24-8-5-9-25-64)57(74)59(46)22-30-67(31-23-59)56(73)58(3)20-28-66(29-21-58)55(72)39-18-26-65(27-19-39)50-16-13-41(36-60-50)45-14-17-51(70)63-53(45)71/h4,6-7,10-13,15-16,32,35-39,42-43,45H,5,8-9,14,17-31,33-34H2,1-3H3,(H,63,70,71)/t42-,43+,45?. The van der Waals surface area contributed by atoms with Crippen molar-refractivity contribution in [2.24, 2.45) is 11.3 Å². The van der Waals surface area contributed by atoms with Crippen molar-refractivity contribution in [3.05, 3.63) is 90.4 Å². The van der Waals surface area contributed by atoms with Crippen LogP contribution in [0.15, 0.2) is 79.3 Å². The van der Waals surface area contributed by atoms with Crippen LogP contribution in [0.3, 0.4) is 0 Å². The van der Waals surface area contributed by atoms with Gasteiger partial charge in [0.2, 0.25) is 35.4 Å². The number of likely N-dealkylation sites (tertiary alicyclic amines) is 3. The molecule has 75 heavy (non-hydrogen) atoms. The average molecular weight is 1020 g/mol. The maximum atomic E-state index is 15.3. The van der Waals surface area contributed by atoms with Crippen molar-refractivity contribution < 1.29 is 28.7 Å². The number of piperidine rings is 5. The lowest BCUT2D eigenvalue weighted by Gasteiger charge is -2.48. The fourth-order valence-electron chi connectivity index (χ4n) is 13.5. The minimum atomic E-state index is -0.725. The van der Waals surface area contributed by atoms with E-state index in [9.17, 15) is 19.2 Å². The molecule has 1 aliphatic carbocycles. The van der Waals surface area contributed by atoms with Gasteiger partial charge in [-0.25, -0.2) is 15.0 Å². The van der Waals surface area contributed by atoms with Crippen molar-refractivity contribution >= 4 is 52.1 Å². The second-order valence-corrected chi connectivity index (χ2v) is 23.1. The molecule has 12 rings (SSSR count). The Balaban J connectivity index is 0.718. The highest BCUT2D eigenvalue weighted by Crippen LogP contribution is 2.53. The Morgan fingerprint density at radius 2 is 1.51 bits per heavy atom. The van der Waals surface area contributed by atoms with Crippen LogP contribution in [-0.4, -0.2) is 128 Å². The van der Waals surface area contributed by atoms with Crippen LogP contribution in [0.25, 0.3) is 22.3 Å². The summed E-state index contributed by atoms with van der Waals surface area (Å²) < 4.78 is 8.60. The second kappa shape index (κ2) is 19.8. The molecule has 0 bridgehead atoms. The average Bonchev–Trinajstić information content (AvgIpc) is 3.98. The van der Waals surface area contributed by atoms with E-state index < -0.39 is 10.8 Å². The molecule has 1 spiro atoms. The number of imide groups is 1. The lowest BCUT2D eigenvalue weighted by molar-refractivity contribution is -0.150. The van der Waals surface area contributed by atoms with Gasteiger partial charge in [-0.1, -0.05) is 49.7 Å². The number of nitrogens with one attached hydrogen (secondary N) is 1. The van der Waals surface area contributed by atoms with Crippen LogP contribution in [-0.2, 0) is 29.4 Å². The number of imidazole rings is 1. The van der Waals surface area contributed by atoms with E-state index in [4.69, 9.17) is 14.7 Å². The Morgan fingerprint density at radius 3 is 2.20 bits per heavy atom. The molecule has 6 aliphatic heterocycles. The molecule has 0 radical (unpaired) electrons. The Kier molecular flexibility index (Phi) is 13.0. The number of para-hydroxylation sites is 1. The molecule has 1 saturated carbocycles. The van der Waals surface area contributed by atoms with Gasteiger partial charge in [-0.3, -0.25) is 29.3 Å². The molecule has 6 fully saturated rings. The van der Waals surface area contributed by atoms with Crippen molar-refractivity contribution in [1.29, 1.82) is 0 Å². The molecule has 1 atom stereocenters. The number of amides is 5. The molecule has 3 aromatic heterocycles. The zero-order chi connectivity index (χ0) is 51.6. The predicted octanol–water partition coefficient (Wildman–Crippen LogP) is 8.16. The molecule has 1 N–H and O–H groups in total. The summed E-state index contributed by atoms with van der Waals surface area (Å²) in [7, 11) is 0. The van der Waals surface area contributed by atoms with Gasteiger partial charge in [0.05, 0.1) is 28.9 Å². The topological polar surface area (TPSA) is 166 Å². The molecule has 392 valence electrons. The molecule has 5 aromatic rings. The van der Waals surface area contributed by atoms with Gasteiger partial charge in [0.25, 0.3) is 0 Å². The number of fused-ring (bicyclic) bond motifs is 3. The summed E-state index contributed by atoms with van der Waals surface area (Å²) in [6.45, 7) is 12.1. The van der Waals surface area contributed by atoms with Gasteiger partial charge in [-0.15, -0.1) is 0 Å². The predicted molar refractivity (Wildman–Crippen MR) is 285 cm³/mol. The summed E-state index contributed by atoms with van der Waals surface area (Å²) in [5, 5.41) is 2.43. The first-order valence-electron chi connectivity index (χ1n) is 27.8. The SMILES string of the molecule is CC(C)n1cnc2cc(-c3ccc4c(c3)N([C@H]3C[C@@H](N5CCCCC5)C3)C(=O)C43CCN(C(=O)C4(C)CCN(C(=O)C5CCN(c6ccc(C7CCC(=O)NC7=O)cn6)CC5)CC4)CC3)nc(Oc3ccccc3)c21. The number of hydrogen-bond donors (Lipinski definition) is 1. The molecular weight excluding hydrogens is 945 g/mol. The Hall–Kier alpha value is -6.68. The number of ether oxygens (including phenoxy) is 1. The Morgan fingerprint density at radius 1 is 0.773 bits per heavy atom. The number of carbonyl (C=O) groups excluding carboxylic acids is 5. The van der Waals surface area contributed by atoms with E-state index >= 15 is 4.79 Å². The van der Waals surface area contributed by atoms with E-state index in [1.165, 1.54) is 19.3 Å². The van der Waals surface area contributed by atoms with Crippen LogP contribution < -0.4 is 19.9 Å². The van der Waals surface area contributed by atoms with Gasteiger partial charge >= 0.3 is 0 Å². The highest BCUT2D eigenvalue weighted by atomic mass is 16.5. The van der Waals surface area contributed by atoms with Gasteiger partial charge in [0.15, 0.2) is 0 Å². The molecule has 5 saturated heterocycles. The smallest absolute Gasteiger partial charge is 0.246 e. The number of aromatic nitrogens is 4. The second-order valence-electron chi connectivity index (χ2n) is 23.1. The number of anilines is 2. The first-order valence-corrected chi connectivity index (χ1v) is 27.8. The summed E-state index contributed by atoms with van der Waals surface area (Å²) in [5.74, 6) is 1.51. The van der Waals surface area contributed by atoms with Crippen LogP contribution in [0.5, 0.6) is 11.6 Å². The van der Waals surface area contributed by atoms with Crippen LogP contribution in [0, 0.1) is 11.3 Å². The molecule has 7 aliphatic rings. The summed E-state index contributed by atoms with van der Waals surface area (Å²) >= 11 is 0. The third kappa shape index (κ3) is 9.03. The van der Waals surface area contributed by atoms with Gasteiger partial charge in [-0.05, 0) is 139 Å². The zero-order valence-electron chi connectivity index (χ0n) is 43.7. The number of hydrogen-bond acceptors (Lipinski definition) is 11. The Bertz CT molecular complexity index is 2990. The minimum absolute atomic E-state index is 0.0824. The fourth-order valence-corrected chi connectivity index (χ4v) is 13.5. The van der Waals surface area contributed by atoms with Crippen molar-refractivity contribution in [2.45, 2.75) is 134 Å². The van der Waals surface area contributed by atoms with Crippen molar-refractivity contribution in [3.8, 4) is 22.9 Å². The third-order valence-corrected chi connectivity index (χ3v) is 18.3. The van der Waals surface area contributed by atoms with E-state index in [2.05, 4.69) is 68.5 Å². The van der Waals surface area contributed by atoms with Gasteiger partial charge in [-0.2, -0.15) is 0 Å². The number of benzene rings is 2. The Labute approximate surface area is 439 Å². The molecule has 9 heterocycles. The van der Waals surface area contributed by atoms with E-state index in [1.807, 2.05) is 64.7 Å². The van der Waals surface area contributed by atoms with Gasteiger partial charge in [0, 0.05) is 92.6 Å². The molecule has 1 unspecified atom stereocenters. The quantitative estimate of drug-likeness (QED) is 0.134. The maximum Gasteiger partial charge on any atom is 0.246 e. The normalized spacial score (nSPS) is 24.2. The van der Waals surface area contributed by atoms with Crippen molar-refractivity contribution in [3.63, 3.8) is 0 Å². The van der Waals surface area contributed by atoms with E-state index in [0.717, 1.165) is 83.7 Å². The first-order chi connectivity index (χ1) is 36.4. The summed E-state index contributed by atoms with van der Waals surface area (Å²) in [6.07, 6.45) is 13.9. The van der Waals surface area contributed by atoms with Gasteiger partial charge in [0.1, 0.15) is 17.1 Å². The largest absolute Gasteiger partial charge is 0.437 e. The fraction of sp³-hybridized carbons (Fsp3) is 0.525. The van der Waals surface area contributed by atoms with Gasteiger partial charge < -0.3 is 33.8 Å². The van der Waals surface area contributed by atoms with Crippen LogP contribution >= 0.6 is 0 Å². The zero-order valence-corrected chi connectivity index (χ0v) is 43.7. The maximum absolute atomic E-state index is 15.3. The molecule has 2 aromatic carbocycles. The van der Waals surface area contributed by atoms with Crippen molar-refractivity contribution in [1.82, 2.24) is 39.5 Å². The van der Waals surface area contributed by atoms with E-state index in [-0.39, 0.29) is 53.5 Å². The van der Waals surface area contributed by atoms with Crippen LogP contribution in [0.1, 0.15) is 127 Å². The lowest BCUT2D eigenvalue weighted by Crippen LogP contribution is -2.59.